The summed E-state index contributed by atoms with van der Waals surface area (Å²) in [4.78, 5) is 25.0. The molecule has 1 aromatic carbocycles. The minimum atomic E-state index is -0.839. The first kappa shape index (κ1) is 18.8. The summed E-state index contributed by atoms with van der Waals surface area (Å²) in [5.41, 5.74) is 2.55. The van der Waals surface area contributed by atoms with Gasteiger partial charge in [0.15, 0.2) is 0 Å². The third-order valence-electron chi connectivity index (χ3n) is 4.27. The molecule has 2 rings (SSSR count). The number of carboxylic acid groups (broad SMARTS) is 1. The van der Waals surface area contributed by atoms with Crippen molar-refractivity contribution in [3.05, 3.63) is 40.1 Å². The molecule has 0 spiro atoms. The quantitative estimate of drug-likeness (QED) is 0.635. The third kappa shape index (κ3) is 4.52. The van der Waals surface area contributed by atoms with Gasteiger partial charge in [-0.15, -0.1) is 0 Å². The van der Waals surface area contributed by atoms with Crippen LogP contribution < -0.4 is 5.32 Å². The number of aryl methyl sites for hydroxylation is 2. The van der Waals surface area contributed by atoms with E-state index in [2.05, 4.69) is 5.32 Å². The maximum Gasteiger partial charge on any atom is 0.306 e. The largest absolute Gasteiger partial charge is 0.481 e. The second-order valence-electron chi connectivity index (χ2n) is 6.16. The average Bonchev–Trinajstić information content (AvgIpc) is 2.57. The number of nitrogens with zero attached hydrogens (tertiary/aromatic N) is 2. The second-order valence-corrected chi connectivity index (χ2v) is 6.56. The molecule has 0 atom stereocenters. The van der Waals surface area contributed by atoms with Crippen LogP contribution in [0.4, 0.5) is 5.69 Å². The number of nitrogens with one attached hydrogen (secondary N) is 1. The molecule has 1 aliphatic heterocycles. The fraction of sp³-hybridized carbons (Fsp3) is 0.389. The fourth-order valence-electron chi connectivity index (χ4n) is 2.88. The van der Waals surface area contributed by atoms with Crippen molar-refractivity contribution >= 4 is 29.2 Å². The van der Waals surface area contributed by atoms with E-state index in [-0.39, 0.29) is 5.57 Å². The van der Waals surface area contributed by atoms with Gasteiger partial charge < -0.3 is 15.3 Å². The van der Waals surface area contributed by atoms with Gasteiger partial charge in [0.1, 0.15) is 11.6 Å². The molecule has 1 heterocycles. The Morgan fingerprint density at radius 3 is 2.52 bits per heavy atom. The number of aliphatic carboxylic acids is 1. The highest BCUT2D eigenvalue weighted by Gasteiger charge is 2.28. The van der Waals surface area contributed by atoms with Crippen molar-refractivity contribution in [1.82, 2.24) is 4.90 Å². The van der Waals surface area contributed by atoms with Crippen LogP contribution in [0.2, 0.25) is 5.02 Å². The van der Waals surface area contributed by atoms with Crippen LogP contribution in [0.5, 0.6) is 0 Å². The van der Waals surface area contributed by atoms with E-state index in [1.165, 1.54) is 11.1 Å². The number of halogens is 1. The lowest BCUT2D eigenvalue weighted by Crippen LogP contribution is -2.40. The lowest BCUT2D eigenvalue weighted by atomic mass is 9.97. The zero-order valence-corrected chi connectivity index (χ0v) is 14.9. The Labute approximate surface area is 151 Å². The van der Waals surface area contributed by atoms with Gasteiger partial charge in [0.05, 0.1) is 16.6 Å². The van der Waals surface area contributed by atoms with E-state index in [1.54, 1.807) is 6.07 Å². The van der Waals surface area contributed by atoms with Gasteiger partial charge in [-0.3, -0.25) is 9.59 Å². The summed E-state index contributed by atoms with van der Waals surface area (Å²) in [6, 6.07) is 5.65. The lowest BCUT2D eigenvalue weighted by molar-refractivity contribution is -0.145. The number of hydrogen-bond donors (Lipinski definition) is 2. The van der Waals surface area contributed by atoms with E-state index >= 15 is 0 Å². The SMILES string of the molecule is Cc1cc(C)c(N/C=C(/C#N)C(=O)N2CCC(C(=O)O)CC2)c(Cl)c1. The van der Waals surface area contributed by atoms with Crippen LogP contribution >= 0.6 is 11.6 Å². The van der Waals surface area contributed by atoms with E-state index in [1.807, 2.05) is 26.0 Å². The molecule has 0 aromatic heterocycles. The molecular formula is C18H20ClN3O3. The molecule has 6 nitrogen and oxygen atoms in total. The number of likely N-dealkylation sites (tertiary alicyclic amines) is 1. The number of carbonyl (C=O) groups is 2. The topological polar surface area (TPSA) is 93.4 Å². The Morgan fingerprint density at radius 2 is 2.00 bits per heavy atom. The van der Waals surface area contributed by atoms with Gasteiger partial charge in [-0.25, -0.2) is 0 Å². The summed E-state index contributed by atoms with van der Waals surface area (Å²) in [6.07, 6.45) is 2.15. The molecule has 1 amide bonds. The average molecular weight is 362 g/mol. The summed E-state index contributed by atoms with van der Waals surface area (Å²) in [5.74, 6) is -1.67. The highest BCUT2D eigenvalue weighted by molar-refractivity contribution is 6.33. The van der Waals surface area contributed by atoms with Gasteiger partial charge in [-0.05, 0) is 43.9 Å². The van der Waals surface area contributed by atoms with Gasteiger partial charge in [-0.1, -0.05) is 17.7 Å². The molecule has 132 valence electrons. The van der Waals surface area contributed by atoms with Crippen LogP contribution in [-0.4, -0.2) is 35.0 Å². The Morgan fingerprint density at radius 1 is 1.36 bits per heavy atom. The van der Waals surface area contributed by atoms with Gasteiger partial charge >= 0.3 is 5.97 Å². The lowest BCUT2D eigenvalue weighted by Gasteiger charge is -2.29. The minimum absolute atomic E-state index is 0.0372. The Balaban J connectivity index is 2.10. The van der Waals surface area contributed by atoms with E-state index in [0.717, 1.165) is 11.1 Å². The summed E-state index contributed by atoms with van der Waals surface area (Å²) in [6.45, 7) is 4.49. The van der Waals surface area contributed by atoms with Crippen molar-refractivity contribution in [1.29, 1.82) is 5.26 Å². The molecule has 1 saturated heterocycles. The van der Waals surface area contributed by atoms with Crippen LogP contribution in [-0.2, 0) is 9.59 Å². The highest BCUT2D eigenvalue weighted by atomic mass is 35.5. The first-order valence-electron chi connectivity index (χ1n) is 7.99. The van der Waals surface area contributed by atoms with Crippen LogP contribution in [0.3, 0.4) is 0 Å². The molecule has 1 aromatic rings. The zero-order valence-electron chi connectivity index (χ0n) is 14.2. The van der Waals surface area contributed by atoms with E-state index in [0.29, 0.717) is 36.6 Å². The Hall–Kier alpha value is -2.52. The number of piperidine rings is 1. The number of nitriles is 1. The number of carbonyl (C=O) groups excluding carboxylic acids is 1. The number of rotatable bonds is 4. The predicted molar refractivity (Wildman–Crippen MR) is 95.2 cm³/mol. The van der Waals surface area contributed by atoms with E-state index in [4.69, 9.17) is 16.7 Å². The normalized spacial score (nSPS) is 15.6. The first-order chi connectivity index (χ1) is 11.8. The molecule has 2 N–H and O–H groups in total. The number of hydrogen-bond acceptors (Lipinski definition) is 4. The van der Waals surface area contributed by atoms with Crippen LogP contribution in [0.1, 0.15) is 24.0 Å². The highest BCUT2D eigenvalue weighted by Crippen LogP contribution is 2.27. The molecular weight excluding hydrogens is 342 g/mol. The van der Waals surface area contributed by atoms with Crippen molar-refractivity contribution in [2.24, 2.45) is 5.92 Å². The van der Waals surface area contributed by atoms with Gasteiger partial charge in [0, 0.05) is 19.3 Å². The number of benzene rings is 1. The van der Waals surface area contributed by atoms with Gasteiger partial charge in [-0.2, -0.15) is 5.26 Å². The van der Waals surface area contributed by atoms with E-state index < -0.39 is 17.8 Å². The molecule has 0 aliphatic carbocycles. The molecule has 7 heteroatoms. The summed E-state index contributed by atoms with van der Waals surface area (Å²) in [7, 11) is 0. The molecule has 25 heavy (non-hydrogen) atoms. The molecule has 1 fully saturated rings. The predicted octanol–water partition coefficient (Wildman–Crippen LogP) is 3.10. The summed E-state index contributed by atoms with van der Waals surface area (Å²) < 4.78 is 0. The maximum atomic E-state index is 12.5. The van der Waals surface area contributed by atoms with Gasteiger partial charge in [0.25, 0.3) is 5.91 Å². The van der Waals surface area contributed by atoms with Crippen molar-refractivity contribution in [3.8, 4) is 6.07 Å². The van der Waals surface area contributed by atoms with Crippen LogP contribution in [0, 0.1) is 31.1 Å². The number of amides is 1. The molecule has 0 radical (unpaired) electrons. The maximum absolute atomic E-state index is 12.5. The fourth-order valence-corrected chi connectivity index (χ4v) is 3.26. The minimum Gasteiger partial charge on any atom is -0.481 e. The summed E-state index contributed by atoms with van der Waals surface area (Å²) in [5, 5.41) is 21.8. The molecule has 0 unspecified atom stereocenters. The van der Waals surface area contributed by atoms with Crippen molar-refractivity contribution in [3.63, 3.8) is 0 Å². The van der Waals surface area contributed by atoms with Crippen LogP contribution in [0.15, 0.2) is 23.9 Å². The van der Waals surface area contributed by atoms with E-state index in [9.17, 15) is 14.9 Å². The van der Waals surface area contributed by atoms with Crippen molar-refractivity contribution in [2.75, 3.05) is 18.4 Å². The molecule has 0 saturated carbocycles. The molecule has 0 bridgehead atoms. The number of carboxylic acids is 1. The van der Waals surface area contributed by atoms with Gasteiger partial charge in [0.2, 0.25) is 0 Å². The number of anilines is 1. The Bertz CT molecular complexity index is 736. The smallest absolute Gasteiger partial charge is 0.306 e. The van der Waals surface area contributed by atoms with Crippen molar-refractivity contribution < 1.29 is 14.7 Å². The molecule has 1 aliphatic rings. The zero-order chi connectivity index (χ0) is 18.6. The Kier molecular flexibility index (Phi) is 6.05. The summed E-state index contributed by atoms with van der Waals surface area (Å²) >= 11 is 6.21. The second kappa shape index (κ2) is 8.04. The first-order valence-corrected chi connectivity index (χ1v) is 8.37. The monoisotopic (exact) mass is 361 g/mol. The third-order valence-corrected chi connectivity index (χ3v) is 4.57. The van der Waals surface area contributed by atoms with Crippen LogP contribution in [0.25, 0.3) is 0 Å². The van der Waals surface area contributed by atoms with Crippen molar-refractivity contribution in [2.45, 2.75) is 26.7 Å². The standard InChI is InChI=1S/C18H20ClN3O3/c1-11-7-12(2)16(15(19)8-11)21-10-14(9-20)17(23)22-5-3-13(4-6-22)18(24)25/h7-8,10,13,21H,3-6H2,1-2H3,(H,24,25)/b14-10-.